The minimum Gasteiger partial charge on any atom is -0.508 e. The van der Waals surface area contributed by atoms with Gasteiger partial charge in [-0.05, 0) is 77.9 Å². The Labute approximate surface area is 270 Å². The van der Waals surface area contributed by atoms with Gasteiger partial charge in [-0.1, -0.05) is 31.2 Å². The van der Waals surface area contributed by atoms with Crippen molar-refractivity contribution in [3.63, 3.8) is 0 Å². The van der Waals surface area contributed by atoms with Crippen LogP contribution in [-0.4, -0.2) is 86.0 Å². The molecule has 7 atom stereocenters. The highest BCUT2D eigenvalue weighted by molar-refractivity contribution is 5.87. The molecule has 6 N–H and O–H groups in total. The zero-order chi connectivity index (χ0) is 33.7. The summed E-state index contributed by atoms with van der Waals surface area (Å²) in [6, 6.07) is 14.9. The first-order valence-corrected chi connectivity index (χ1v) is 15.0. The molecule has 1 aliphatic heterocycles. The van der Waals surface area contributed by atoms with Crippen LogP contribution in [0.15, 0.2) is 72.8 Å². The number of phenols is 4. The highest BCUT2D eigenvalue weighted by Crippen LogP contribution is 2.41. The molecule has 3 aromatic rings. The molecule has 2 aliphatic rings. The highest BCUT2D eigenvalue weighted by Gasteiger charge is 2.48. The number of carbonyl (C=O) groups is 2. The molecule has 0 radical (unpaired) electrons. The number of benzene rings is 3. The van der Waals surface area contributed by atoms with Gasteiger partial charge < -0.3 is 49.6 Å². The third-order valence-corrected chi connectivity index (χ3v) is 8.00. The van der Waals surface area contributed by atoms with Crippen molar-refractivity contribution in [1.29, 1.82) is 0 Å². The second kappa shape index (κ2) is 14.7. The number of esters is 2. The first-order chi connectivity index (χ1) is 22.5. The van der Waals surface area contributed by atoms with E-state index in [1.807, 2.05) is 6.92 Å². The van der Waals surface area contributed by atoms with Crippen LogP contribution in [0.1, 0.15) is 41.5 Å². The lowest BCUT2D eigenvalue weighted by molar-refractivity contribution is -0.313. The Balaban J connectivity index is 1.30. The summed E-state index contributed by atoms with van der Waals surface area (Å²) in [5.74, 6) is -1.83. The van der Waals surface area contributed by atoms with Crippen molar-refractivity contribution < 1.29 is 59.2 Å². The largest absolute Gasteiger partial charge is 0.508 e. The molecule has 248 valence electrons. The zero-order valence-corrected chi connectivity index (χ0v) is 25.4. The maximum atomic E-state index is 12.8. The fraction of sp³-hybridized carbons (Fsp3) is 0.314. The predicted molar refractivity (Wildman–Crippen MR) is 167 cm³/mol. The quantitative estimate of drug-likeness (QED) is 0.147. The van der Waals surface area contributed by atoms with Crippen LogP contribution in [0.3, 0.4) is 0 Å². The number of carbonyl (C=O) groups excluding carboxylic acids is 2. The van der Waals surface area contributed by atoms with Gasteiger partial charge >= 0.3 is 11.9 Å². The van der Waals surface area contributed by atoms with Crippen molar-refractivity contribution >= 4 is 24.1 Å². The third-order valence-electron chi connectivity index (χ3n) is 8.00. The molecular weight excluding hydrogens is 612 g/mol. The van der Waals surface area contributed by atoms with E-state index in [0.717, 1.165) is 12.2 Å². The van der Waals surface area contributed by atoms with Crippen LogP contribution in [0.25, 0.3) is 12.2 Å². The number of hydrogen-bond acceptors (Lipinski definition) is 12. The lowest BCUT2D eigenvalue weighted by Crippen LogP contribution is -2.61. The number of aliphatic hydroxyl groups is 2. The van der Waals surface area contributed by atoms with E-state index >= 15 is 0 Å². The molecule has 0 saturated carbocycles. The molecule has 1 fully saturated rings. The summed E-state index contributed by atoms with van der Waals surface area (Å²) >= 11 is 0. The number of hydrogen-bond donors (Lipinski definition) is 6. The molecule has 0 amide bonds. The fourth-order valence-electron chi connectivity index (χ4n) is 5.74. The van der Waals surface area contributed by atoms with E-state index in [0.29, 0.717) is 28.7 Å². The van der Waals surface area contributed by atoms with Crippen LogP contribution in [0.4, 0.5) is 0 Å². The van der Waals surface area contributed by atoms with E-state index in [4.69, 9.17) is 18.9 Å². The minimum atomic E-state index is -1.70. The molecule has 47 heavy (non-hydrogen) atoms. The number of aromatic hydroxyl groups is 4. The van der Waals surface area contributed by atoms with E-state index in [1.54, 1.807) is 24.3 Å². The minimum absolute atomic E-state index is 0.0271. The van der Waals surface area contributed by atoms with Crippen molar-refractivity contribution in [1.82, 2.24) is 0 Å². The summed E-state index contributed by atoms with van der Waals surface area (Å²) in [5, 5.41) is 61.4. The molecule has 5 rings (SSSR count). The summed E-state index contributed by atoms with van der Waals surface area (Å²) in [6.45, 7) is 1.40. The summed E-state index contributed by atoms with van der Waals surface area (Å²) < 4.78 is 22.9. The maximum Gasteiger partial charge on any atom is 0.331 e. The van der Waals surface area contributed by atoms with E-state index in [9.17, 15) is 40.2 Å². The van der Waals surface area contributed by atoms with Crippen LogP contribution >= 0.6 is 0 Å². The molecule has 3 aromatic carbocycles. The molecular formula is C35H36O12. The molecule has 1 aliphatic carbocycles. The van der Waals surface area contributed by atoms with Gasteiger partial charge in [0.05, 0.1) is 6.10 Å². The van der Waals surface area contributed by atoms with Crippen LogP contribution in [0.5, 0.6) is 23.0 Å². The lowest BCUT2D eigenvalue weighted by atomic mass is 9.81. The van der Waals surface area contributed by atoms with Crippen molar-refractivity contribution in [2.24, 2.45) is 0 Å². The summed E-state index contributed by atoms with van der Waals surface area (Å²) in [5.41, 5.74) is 2.56. The second-order valence-corrected chi connectivity index (χ2v) is 11.5. The van der Waals surface area contributed by atoms with Gasteiger partial charge in [-0.15, -0.1) is 0 Å². The van der Waals surface area contributed by atoms with E-state index < -0.39 is 55.4 Å². The Kier molecular flexibility index (Phi) is 10.5. The number of aliphatic hydroxyl groups excluding tert-OH is 2. The smallest absolute Gasteiger partial charge is 0.331 e. The van der Waals surface area contributed by atoms with Gasteiger partial charge in [-0.2, -0.15) is 0 Å². The van der Waals surface area contributed by atoms with Gasteiger partial charge in [-0.25, -0.2) is 9.59 Å². The number of fused-ring (bicyclic) bond motifs is 1. The van der Waals surface area contributed by atoms with Gasteiger partial charge in [0.1, 0.15) is 47.9 Å². The molecule has 1 saturated heterocycles. The van der Waals surface area contributed by atoms with Gasteiger partial charge in [0.25, 0.3) is 0 Å². The summed E-state index contributed by atoms with van der Waals surface area (Å²) in [4.78, 5) is 25.3. The monoisotopic (exact) mass is 648 g/mol. The van der Waals surface area contributed by atoms with Crippen molar-refractivity contribution in [2.75, 3.05) is 6.61 Å². The normalized spacial score (nSPS) is 25.8. The summed E-state index contributed by atoms with van der Waals surface area (Å²) in [7, 11) is 0. The van der Waals surface area contributed by atoms with E-state index in [1.165, 1.54) is 48.6 Å². The zero-order valence-electron chi connectivity index (χ0n) is 25.4. The van der Waals surface area contributed by atoms with Crippen molar-refractivity contribution in [2.45, 2.75) is 62.5 Å². The Morgan fingerprint density at radius 3 is 2.04 bits per heavy atom. The predicted octanol–water partition coefficient (Wildman–Crippen LogP) is 3.27. The topological polar surface area (TPSA) is 192 Å². The van der Waals surface area contributed by atoms with Gasteiger partial charge in [0, 0.05) is 23.8 Å². The number of ether oxygens (including phenoxy) is 4. The Bertz CT molecular complexity index is 1610. The molecule has 12 heteroatoms. The van der Waals surface area contributed by atoms with Crippen molar-refractivity contribution in [3.05, 3.63) is 95.1 Å². The van der Waals surface area contributed by atoms with E-state index in [-0.39, 0.29) is 35.3 Å². The number of rotatable bonds is 9. The first kappa shape index (κ1) is 33.5. The van der Waals surface area contributed by atoms with Gasteiger partial charge in [0.15, 0.2) is 12.4 Å². The Morgan fingerprint density at radius 1 is 0.830 bits per heavy atom. The SMILES string of the molecule is C[C@H]1C[C@H](O[C@@H]2O[C@@H](COC(=O)C=Cc3ccc(O)cc3)[C@@H](OC(=O)C=Cc3ccc(O)cc3)[C@@H](O)[C@H]2O)Cc2cc(O)cc(O)c21. The standard InChI is InChI=1S/C35H36O12/c1-19-14-26(16-22-15-25(38)17-27(39)31(19)22)45-35-33(43)32(42)34(47-30(41)13-7-21-4-10-24(37)11-5-21)28(46-35)18-44-29(40)12-6-20-2-8-23(36)9-3-20/h2-13,15,17,19,26,28,32-39,42-43H,14,16,18H2,1H3/t19-,26-,28-,32-,33+,34+,35+/m0/s1. The van der Waals surface area contributed by atoms with E-state index in [2.05, 4.69) is 0 Å². The van der Waals surface area contributed by atoms with Crippen LogP contribution in [0, 0.1) is 0 Å². The molecule has 0 unspecified atom stereocenters. The maximum absolute atomic E-state index is 12.8. The van der Waals surface area contributed by atoms with Crippen LogP contribution in [0.2, 0.25) is 0 Å². The average molecular weight is 649 g/mol. The average Bonchev–Trinajstić information content (AvgIpc) is 3.02. The fourth-order valence-corrected chi connectivity index (χ4v) is 5.74. The summed E-state index contributed by atoms with van der Waals surface area (Å²) in [6.07, 6.45) is -2.18. The van der Waals surface area contributed by atoms with Crippen LogP contribution in [-0.2, 0) is 35.0 Å². The lowest BCUT2D eigenvalue weighted by Gasteiger charge is -2.43. The molecule has 0 aromatic heterocycles. The molecule has 0 spiro atoms. The molecule has 12 nitrogen and oxygen atoms in total. The van der Waals surface area contributed by atoms with Gasteiger partial charge in [-0.3, -0.25) is 0 Å². The third kappa shape index (κ3) is 8.48. The first-order valence-electron chi connectivity index (χ1n) is 15.0. The molecule has 1 heterocycles. The van der Waals surface area contributed by atoms with Crippen molar-refractivity contribution in [3.8, 4) is 23.0 Å². The van der Waals surface area contributed by atoms with Crippen LogP contribution < -0.4 is 0 Å². The Morgan fingerprint density at radius 2 is 1.43 bits per heavy atom. The highest BCUT2D eigenvalue weighted by atomic mass is 16.7. The number of phenolic OH excluding ortho intramolecular Hbond substituents is 4. The Hall–Kier alpha value is -4.88. The van der Waals surface area contributed by atoms with Gasteiger partial charge in [0.2, 0.25) is 0 Å². The second-order valence-electron chi connectivity index (χ2n) is 11.5. The molecule has 0 bridgehead atoms.